The molecule has 3 unspecified atom stereocenters. The zero-order chi connectivity index (χ0) is 29.4. The summed E-state index contributed by atoms with van der Waals surface area (Å²) in [6, 6.07) is 14.3. The topological polar surface area (TPSA) is 105 Å². The molecular formula is C29H26ClF3N2O5S. The molecule has 0 aliphatic heterocycles. The maximum absolute atomic E-state index is 13.9. The third-order valence-corrected chi connectivity index (χ3v) is 10.5. The van der Waals surface area contributed by atoms with Gasteiger partial charge in [-0.05, 0) is 61.3 Å². The fourth-order valence-corrected chi connectivity index (χ4v) is 8.69. The molecule has 2 aliphatic carbocycles. The van der Waals surface area contributed by atoms with Gasteiger partial charge in [0.05, 0.1) is 21.4 Å². The van der Waals surface area contributed by atoms with Crippen LogP contribution >= 0.6 is 11.6 Å². The number of sulfone groups is 1. The van der Waals surface area contributed by atoms with Gasteiger partial charge in [0.2, 0.25) is 0 Å². The van der Waals surface area contributed by atoms with E-state index in [9.17, 15) is 31.5 Å². The Morgan fingerprint density at radius 2 is 1.68 bits per heavy atom. The quantitative estimate of drug-likeness (QED) is 0.189. The van der Waals surface area contributed by atoms with Crippen LogP contribution in [-0.4, -0.2) is 36.5 Å². The number of carbonyl (C=O) groups excluding carboxylic acids is 1. The molecule has 2 fully saturated rings. The van der Waals surface area contributed by atoms with Crippen LogP contribution in [0.2, 0.25) is 5.02 Å². The van der Waals surface area contributed by atoms with Gasteiger partial charge in [0.15, 0.2) is 27.3 Å². The molecule has 4 atom stereocenters. The lowest BCUT2D eigenvalue weighted by Crippen LogP contribution is -2.47. The lowest BCUT2D eigenvalue weighted by atomic mass is 9.78. The normalized spacial score (nSPS) is 24.0. The van der Waals surface area contributed by atoms with E-state index < -0.39 is 44.0 Å². The van der Waals surface area contributed by atoms with Crippen molar-refractivity contribution >= 4 is 39.2 Å². The Balaban J connectivity index is 1.31. The molecule has 0 aromatic heterocycles. The molecule has 216 valence electrons. The summed E-state index contributed by atoms with van der Waals surface area (Å²) in [7, 11) is -4.06. The van der Waals surface area contributed by atoms with Crippen molar-refractivity contribution in [2.75, 3.05) is 5.32 Å². The molecule has 0 spiro atoms. The molecule has 0 saturated heterocycles. The van der Waals surface area contributed by atoms with Gasteiger partial charge < -0.3 is 15.3 Å². The number of rotatable bonds is 8. The average Bonchev–Trinajstić information content (AvgIpc) is 3.23. The number of nitrogens with zero attached hydrogens (tertiary/aromatic N) is 1. The van der Waals surface area contributed by atoms with E-state index in [2.05, 4.69) is 10.5 Å². The van der Waals surface area contributed by atoms with Crippen molar-refractivity contribution in [2.24, 2.45) is 17.0 Å². The van der Waals surface area contributed by atoms with E-state index >= 15 is 0 Å². The fraction of sp³-hybridized carbons (Fsp3) is 0.310. The minimum Gasteiger partial charge on any atom is -0.391 e. The first-order chi connectivity index (χ1) is 19.5. The Bertz CT molecular complexity index is 1570. The highest BCUT2D eigenvalue weighted by molar-refractivity contribution is 7.92. The number of benzene rings is 3. The smallest absolute Gasteiger partial charge is 0.255 e. The molecule has 3 aromatic rings. The number of halogens is 4. The van der Waals surface area contributed by atoms with E-state index in [0.29, 0.717) is 25.0 Å². The van der Waals surface area contributed by atoms with Crippen LogP contribution in [0.25, 0.3) is 0 Å². The maximum atomic E-state index is 13.9. The molecule has 0 radical (unpaired) electrons. The molecule has 1 amide bonds. The molecule has 41 heavy (non-hydrogen) atoms. The summed E-state index contributed by atoms with van der Waals surface area (Å²) in [6.07, 6.45) is 2.81. The van der Waals surface area contributed by atoms with Gasteiger partial charge in [-0.3, -0.25) is 4.79 Å². The van der Waals surface area contributed by atoms with Gasteiger partial charge in [-0.25, -0.2) is 21.6 Å². The minimum atomic E-state index is -4.06. The second-order valence-electron chi connectivity index (χ2n) is 10.5. The number of carbonyl (C=O) groups is 1. The predicted octanol–water partition coefficient (Wildman–Crippen LogP) is 5.91. The van der Waals surface area contributed by atoms with Crippen molar-refractivity contribution in [3.8, 4) is 0 Å². The second kappa shape index (κ2) is 11.5. The molecule has 5 rings (SSSR count). The van der Waals surface area contributed by atoms with Gasteiger partial charge >= 0.3 is 0 Å². The van der Waals surface area contributed by atoms with Gasteiger partial charge in [-0.2, -0.15) is 0 Å². The first-order valence-corrected chi connectivity index (χ1v) is 14.8. The molecule has 2 aliphatic rings. The van der Waals surface area contributed by atoms with Crippen LogP contribution in [0.1, 0.15) is 41.6 Å². The van der Waals surface area contributed by atoms with Crippen molar-refractivity contribution in [2.45, 2.75) is 48.0 Å². The lowest BCUT2D eigenvalue weighted by molar-refractivity contribution is 0.0411. The number of anilines is 1. The third-order valence-electron chi connectivity index (χ3n) is 7.61. The molecule has 3 aromatic carbocycles. The van der Waals surface area contributed by atoms with Crippen molar-refractivity contribution in [3.05, 3.63) is 94.3 Å². The van der Waals surface area contributed by atoms with Crippen LogP contribution < -0.4 is 5.32 Å². The van der Waals surface area contributed by atoms with Crippen LogP contribution in [0, 0.1) is 29.3 Å². The average molecular weight is 607 g/mol. The Labute approximate surface area is 239 Å². The Kier molecular flexibility index (Phi) is 8.13. The SMILES string of the molecule is O=C(Nc1cc(F)c(F)c(F)c1)c1ccc(Cl)c(S(=O)(=O)C2C3CC[C@@H]2CC(O)(/C=N/OCc2ccccc2)C3)c1. The Morgan fingerprint density at radius 1 is 1.05 bits per heavy atom. The molecule has 7 nitrogen and oxygen atoms in total. The predicted molar refractivity (Wildman–Crippen MR) is 147 cm³/mol. The van der Waals surface area contributed by atoms with Gasteiger partial charge in [0.1, 0.15) is 12.2 Å². The molecule has 2 saturated carbocycles. The third kappa shape index (κ3) is 6.12. The zero-order valence-corrected chi connectivity index (χ0v) is 23.1. The largest absolute Gasteiger partial charge is 0.391 e. The van der Waals surface area contributed by atoms with E-state index in [1.54, 1.807) is 0 Å². The molecular weight excluding hydrogens is 581 g/mol. The van der Waals surface area contributed by atoms with Crippen LogP contribution in [0.3, 0.4) is 0 Å². The number of fused-ring (bicyclic) bond motifs is 2. The fourth-order valence-electron chi connectivity index (χ4n) is 5.84. The lowest BCUT2D eigenvalue weighted by Gasteiger charge is -2.38. The highest BCUT2D eigenvalue weighted by Crippen LogP contribution is 2.51. The number of oxime groups is 1. The summed E-state index contributed by atoms with van der Waals surface area (Å²) in [5, 5.41) is 16.4. The van der Waals surface area contributed by atoms with Gasteiger partial charge in [-0.15, -0.1) is 0 Å². The zero-order valence-electron chi connectivity index (χ0n) is 21.6. The van der Waals surface area contributed by atoms with Crippen LogP contribution in [0.15, 0.2) is 70.7 Å². The van der Waals surface area contributed by atoms with Gasteiger partial charge in [0, 0.05) is 23.4 Å². The monoisotopic (exact) mass is 606 g/mol. The van der Waals surface area contributed by atoms with E-state index in [1.165, 1.54) is 18.3 Å². The number of amides is 1. The molecule has 0 heterocycles. The summed E-state index contributed by atoms with van der Waals surface area (Å²) in [5.41, 5.74) is -0.888. The molecule has 2 N–H and O–H groups in total. The first kappa shape index (κ1) is 29.1. The van der Waals surface area contributed by atoms with Crippen molar-refractivity contribution in [3.63, 3.8) is 0 Å². The van der Waals surface area contributed by atoms with Crippen LogP contribution in [0.5, 0.6) is 0 Å². The van der Waals surface area contributed by atoms with Crippen molar-refractivity contribution in [1.82, 2.24) is 0 Å². The number of nitrogens with one attached hydrogen (secondary N) is 1. The Morgan fingerprint density at radius 3 is 2.32 bits per heavy atom. The van der Waals surface area contributed by atoms with Crippen molar-refractivity contribution < 1.29 is 36.3 Å². The van der Waals surface area contributed by atoms with E-state index in [1.807, 2.05) is 30.3 Å². The van der Waals surface area contributed by atoms with Gasteiger partial charge in [-0.1, -0.05) is 47.1 Å². The van der Waals surface area contributed by atoms with Gasteiger partial charge in [0.25, 0.3) is 5.91 Å². The number of hydrogen-bond acceptors (Lipinski definition) is 6. The van der Waals surface area contributed by atoms with E-state index in [-0.39, 0.29) is 52.5 Å². The highest BCUT2D eigenvalue weighted by Gasteiger charge is 2.54. The van der Waals surface area contributed by atoms with E-state index in [0.717, 1.165) is 11.6 Å². The number of aliphatic hydroxyl groups is 1. The number of hydrogen-bond donors (Lipinski definition) is 2. The van der Waals surface area contributed by atoms with E-state index in [4.69, 9.17) is 16.4 Å². The molecule has 2 bridgehead atoms. The first-order valence-electron chi connectivity index (χ1n) is 12.9. The van der Waals surface area contributed by atoms with Crippen LogP contribution in [-0.2, 0) is 21.3 Å². The summed E-state index contributed by atoms with van der Waals surface area (Å²) in [6.45, 7) is 0.227. The summed E-state index contributed by atoms with van der Waals surface area (Å²) >= 11 is 6.29. The van der Waals surface area contributed by atoms with Crippen molar-refractivity contribution in [1.29, 1.82) is 0 Å². The summed E-state index contributed by atoms with van der Waals surface area (Å²) < 4.78 is 68.1. The standard InChI is InChI=1S/C29H26ClF3N2O5S/c30-22-9-8-18(28(36)35-21-11-23(31)26(33)24(32)12-21)10-25(22)41(38,39)27-19-6-7-20(27)14-29(37,13-19)16-34-40-15-17-4-2-1-3-5-17/h1-5,8-12,16,19-20,27,37H,6-7,13-15H2,(H,35,36)/b34-16+/t19-,20?,27?,29?/m1/s1. The Hall–Kier alpha value is -3.41. The molecule has 12 heteroatoms. The highest BCUT2D eigenvalue weighted by atomic mass is 35.5. The van der Waals surface area contributed by atoms with Crippen LogP contribution in [0.4, 0.5) is 18.9 Å². The minimum absolute atomic E-state index is 0.0865. The maximum Gasteiger partial charge on any atom is 0.255 e. The second-order valence-corrected chi connectivity index (χ2v) is 12.9. The summed E-state index contributed by atoms with van der Waals surface area (Å²) in [5.74, 6) is -6.29. The summed E-state index contributed by atoms with van der Waals surface area (Å²) in [4.78, 5) is 17.9.